The number of benzene rings is 2. The number of nitrogens with one attached hydrogen (secondary N) is 1. The number of H-pyrrole nitrogens is 1. The third kappa shape index (κ3) is 3.27. The molecule has 0 radical (unpaired) electrons. The number of fused-ring (bicyclic) bond motifs is 1. The van der Waals surface area contributed by atoms with E-state index in [-0.39, 0.29) is 17.6 Å². The summed E-state index contributed by atoms with van der Waals surface area (Å²) < 4.78 is 0. The van der Waals surface area contributed by atoms with Crippen molar-refractivity contribution in [1.29, 1.82) is 0 Å². The highest BCUT2D eigenvalue weighted by atomic mass is 16.2. The normalized spacial score (nSPS) is 15.3. The first-order chi connectivity index (χ1) is 12.7. The Bertz CT molecular complexity index is 921. The van der Waals surface area contributed by atoms with Gasteiger partial charge < -0.3 is 9.88 Å². The molecule has 3 aromatic rings. The molecular formula is C22H22N2O2. The van der Waals surface area contributed by atoms with Crippen LogP contribution in [0.1, 0.15) is 28.8 Å². The van der Waals surface area contributed by atoms with Crippen molar-refractivity contribution in [2.75, 3.05) is 13.1 Å². The lowest BCUT2D eigenvalue weighted by Gasteiger charge is -2.31. The van der Waals surface area contributed by atoms with Crippen LogP contribution < -0.4 is 0 Å². The molecule has 1 aromatic heterocycles. The lowest BCUT2D eigenvalue weighted by Crippen LogP contribution is -2.41. The quantitative estimate of drug-likeness (QED) is 0.730. The third-order valence-electron chi connectivity index (χ3n) is 5.29. The van der Waals surface area contributed by atoms with Gasteiger partial charge in [-0.05, 0) is 24.5 Å². The van der Waals surface area contributed by atoms with E-state index in [9.17, 15) is 9.59 Å². The van der Waals surface area contributed by atoms with Crippen molar-refractivity contribution in [3.8, 4) is 0 Å². The van der Waals surface area contributed by atoms with Crippen molar-refractivity contribution < 1.29 is 9.59 Å². The van der Waals surface area contributed by atoms with Gasteiger partial charge in [-0.15, -0.1) is 0 Å². The number of Topliss-reactive ketones (excluding diaryl/α,β-unsaturated/α-hetero) is 1. The number of para-hydroxylation sites is 1. The molecule has 1 fully saturated rings. The molecule has 0 saturated carbocycles. The van der Waals surface area contributed by atoms with Crippen LogP contribution in [-0.4, -0.2) is 34.7 Å². The molecule has 0 aliphatic carbocycles. The molecule has 1 aliphatic rings. The molecule has 1 N–H and O–H groups in total. The lowest BCUT2D eigenvalue weighted by molar-refractivity contribution is -0.131. The van der Waals surface area contributed by atoms with E-state index in [1.807, 2.05) is 65.7 Å². The fraction of sp³-hybridized carbons (Fsp3) is 0.273. The highest BCUT2D eigenvalue weighted by Gasteiger charge is 2.28. The zero-order valence-corrected chi connectivity index (χ0v) is 14.7. The van der Waals surface area contributed by atoms with E-state index in [0.717, 1.165) is 34.9 Å². The number of carbonyl (C=O) groups excluding carboxylic acids is 2. The standard InChI is InChI=1S/C22H22N2O2/c25-21(14-18-15-23-20-9-5-4-8-19(18)20)24-12-10-17(11-13-24)22(26)16-6-2-1-3-7-16/h1-9,15,17,23H,10-14H2. The predicted octanol–water partition coefficient (Wildman–Crippen LogP) is 3.83. The van der Waals surface area contributed by atoms with E-state index < -0.39 is 0 Å². The van der Waals surface area contributed by atoms with Gasteiger partial charge in [-0.3, -0.25) is 9.59 Å². The van der Waals surface area contributed by atoms with Crippen molar-refractivity contribution in [1.82, 2.24) is 9.88 Å². The van der Waals surface area contributed by atoms with Crippen LogP contribution in [0.4, 0.5) is 0 Å². The van der Waals surface area contributed by atoms with Gasteiger partial charge in [0.1, 0.15) is 0 Å². The average Bonchev–Trinajstić information content (AvgIpc) is 3.11. The van der Waals surface area contributed by atoms with Gasteiger partial charge in [0.2, 0.25) is 5.91 Å². The zero-order valence-electron chi connectivity index (χ0n) is 14.7. The summed E-state index contributed by atoms with van der Waals surface area (Å²) in [4.78, 5) is 30.4. The lowest BCUT2D eigenvalue weighted by atomic mass is 9.88. The summed E-state index contributed by atoms with van der Waals surface area (Å²) >= 11 is 0. The molecule has 4 nitrogen and oxygen atoms in total. The molecule has 4 rings (SSSR count). The van der Waals surface area contributed by atoms with E-state index in [1.165, 1.54) is 0 Å². The second-order valence-corrected chi connectivity index (χ2v) is 6.92. The van der Waals surface area contributed by atoms with Crippen LogP contribution in [-0.2, 0) is 11.2 Å². The van der Waals surface area contributed by atoms with Crippen LogP contribution in [0.25, 0.3) is 10.9 Å². The second-order valence-electron chi connectivity index (χ2n) is 6.92. The molecule has 1 saturated heterocycles. The van der Waals surface area contributed by atoms with Gasteiger partial charge in [0.15, 0.2) is 5.78 Å². The van der Waals surface area contributed by atoms with Crippen LogP contribution in [0.15, 0.2) is 60.8 Å². The summed E-state index contributed by atoms with van der Waals surface area (Å²) in [5, 5.41) is 1.11. The number of likely N-dealkylation sites (tertiary alicyclic amines) is 1. The van der Waals surface area contributed by atoms with Crippen molar-refractivity contribution in [2.45, 2.75) is 19.3 Å². The largest absolute Gasteiger partial charge is 0.361 e. The Morgan fingerprint density at radius 2 is 1.65 bits per heavy atom. The number of aromatic amines is 1. The highest BCUT2D eigenvalue weighted by Crippen LogP contribution is 2.23. The number of amides is 1. The number of rotatable bonds is 4. The van der Waals surface area contributed by atoms with Gasteiger partial charge in [0.05, 0.1) is 6.42 Å². The van der Waals surface area contributed by atoms with Crippen LogP contribution in [0, 0.1) is 5.92 Å². The van der Waals surface area contributed by atoms with Gasteiger partial charge >= 0.3 is 0 Å². The van der Waals surface area contributed by atoms with Gasteiger partial charge in [-0.2, -0.15) is 0 Å². The average molecular weight is 346 g/mol. The van der Waals surface area contributed by atoms with Crippen molar-refractivity contribution in [3.05, 3.63) is 71.9 Å². The van der Waals surface area contributed by atoms with Gasteiger partial charge in [-0.1, -0.05) is 48.5 Å². The molecule has 4 heteroatoms. The number of carbonyl (C=O) groups is 2. The van der Waals surface area contributed by atoms with E-state index in [0.29, 0.717) is 19.5 Å². The number of ketones is 1. The molecule has 2 aromatic carbocycles. The molecular weight excluding hydrogens is 324 g/mol. The number of nitrogens with zero attached hydrogens (tertiary/aromatic N) is 1. The summed E-state index contributed by atoms with van der Waals surface area (Å²) in [7, 11) is 0. The molecule has 1 amide bonds. The highest BCUT2D eigenvalue weighted by molar-refractivity contribution is 5.98. The van der Waals surface area contributed by atoms with Crippen LogP contribution in [0.3, 0.4) is 0 Å². The fourth-order valence-corrected chi connectivity index (χ4v) is 3.78. The summed E-state index contributed by atoms with van der Waals surface area (Å²) in [5.41, 5.74) is 2.87. The second kappa shape index (κ2) is 7.16. The maximum atomic E-state index is 12.7. The van der Waals surface area contributed by atoms with Gasteiger partial charge in [-0.25, -0.2) is 0 Å². The Balaban J connectivity index is 1.37. The monoisotopic (exact) mass is 346 g/mol. The number of hydrogen-bond acceptors (Lipinski definition) is 2. The van der Waals surface area contributed by atoms with E-state index >= 15 is 0 Å². The van der Waals surface area contributed by atoms with Crippen LogP contribution in [0.5, 0.6) is 0 Å². The Morgan fingerprint density at radius 3 is 2.42 bits per heavy atom. The minimum atomic E-state index is 0.0227. The minimum Gasteiger partial charge on any atom is -0.361 e. The predicted molar refractivity (Wildman–Crippen MR) is 102 cm³/mol. The Hall–Kier alpha value is -2.88. The Kier molecular flexibility index (Phi) is 4.57. The minimum absolute atomic E-state index is 0.0227. The van der Waals surface area contributed by atoms with E-state index in [4.69, 9.17) is 0 Å². The number of hydrogen-bond donors (Lipinski definition) is 1. The zero-order chi connectivity index (χ0) is 17.9. The van der Waals surface area contributed by atoms with Crippen molar-refractivity contribution >= 4 is 22.6 Å². The van der Waals surface area contributed by atoms with E-state index in [1.54, 1.807) is 0 Å². The molecule has 0 spiro atoms. The smallest absolute Gasteiger partial charge is 0.227 e. The van der Waals surface area contributed by atoms with Gasteiger partial charge in [0, 0.05) is 41.7 Å². The first kappa shape index (κ1) is 16.6. The van der Waals surface area contributed by atoms with Crippen LogP contribution in [0.2, 0.25) is 0 Å². The van der Waals surface area contributed by atoms with Crippen molar-refractivity contribution in [3.63, 3.8) is 0 Å². The fourth-order valence-electron chi connectivity index (χ4n) is 3.78. The SMILES string of the molecule is O=C(c1ccccc1)C1CCN(C(=O)Cc2c[nH]c3ccccc23)CC1. The molecule has 26 heavy (non-hydrogen) atoms. The third-order valence-corrected chi connectivity index (χ3v) is 5.29. The van der Waals surface area contributed by atoms with Crippen molar-refractivity contribution in [2.24, 2.45) is 5.92 Å². The van der Waals surface area contributed by atoms with E-state index in [2.05, 4.69) is 4.98 Å². The molecule has 1 aliphatic heterocycles. The summed E-state index contributed by atoms with van der Waals surface area (Å²) in [5.74, 6) is 0.365. The first-order valence-corrected chi connectivity index (χ1v) is 9.14. The Labute approximate surface area is 152 Å². The Morgan fingerprint density at radius 1 is 0.962 bits per heavy atom. The summed E-state index contributed by atoms with van der Waals surface area (Å²) in [6.07, 6.45) is 3.82. The maximum Gasteiger partial charge on any atom is 0.227 e. The maximum absolute atomic E-state index is 12.7. The molecule has 0 unspecified atom stereocenters. The number of piperidine rings is 1. The number of aromatic nitrogens is 1. The molecule has 2 heterocycles. The molecule has 0 bridgehead atoms. The summed E-state index contributed by atoms with van der Waals surface area (Å²) in [6.45, 7) is 1.31. The van der Waals surface area contributed by atoms with Crippen LogP contribution >= 0.6 is 0 Å². The first-order valence-electron chi connectivity index (χ1n) is 9.14. The molecule has 132 valence electrons. The molecule has 0 atom stereocenters. The van der Waals surface area contributed by atoms with Gasteiger partial charge in [0.25, 0.3) is 0 Å². The summed E-state index contributed by atoms with van der Waals surface area (Å²) in [6, 6.07) is 17.5. The topological polar surface area (TPSA) is 53.2 Å².